The molecule has 0 amide bonds. The Bertz CT molecular complexity index is 2020. The Balaban J connectivity index is 1.49. The molecule has 3 aromatic heterocycles. The van der Waals surface area contributed by atoms with Crippen molar-refractivity contribution in [3.05, 3.63) is 127 Å². The van der Waals surface area contributed by atoms with Crippen molar-refractivity contribution >= 4 is 53.7 Å². The monoisotopic (exact) mass is 491 g/mol. The minimum absolute atomic E-state index is 0.900. The number of para-hydroxylation sites is 1. The fourth-order valence-electron chi connectivity index (χ4n) is 5.51. The van der Waals surface area contributed by atoms with E-state index in [9.17, 15) is 0 Å². The van der Waals surface area contributed by atoms with E-state index in [-0.39, 0.29) is 0 Å². The third-order valence-electron chi connectivity index (χ3n) is 7.20. The molecule has 0 atom stereocenters. The molecule has 2 nitrogen and oxygen atoms in total. The third kappa shape index (κ3) is 3.11. The first-order valence-corrected chi connectivity index (χ1v) is 13.3. The van der Waals surface area contributed by atoms with Crippen molar-refractivity contribution < 1.29 is 4.42 Å². The predicted octanol–water partition coefficient (Wildman–Crippen LogP) is 10.1. The van der Waals surface area contributed by atoms with Crippen LogP contribution < -0.4 is 0 Å². The molecule has 0 spiro atoms. The summed E-state index contributed by atoms with van der Waals surface area (Å²) in [5.41, 5.74) is 8.88. The van der Waals surface area contributed by atoms with Crippen molar-refractivity contribution in [1.82, 2.24) is 4.57 Å². The topological polar surface area (TPSA) is 18.1 Å². The number of rotatable bonds is 3. The summed E-state index contributed by atoms with van der Waals surface area (Å²) in [6.07, 6.45) is 0. The summed E-state index contributed by atoms with van der Waals surface area (Å²) >= 11 is 1.81. The minimum Gasteiger partial charge on any atom is -0.438 e. The summed E-state index contributed by atoms with van der Waals surface area (Å²) < 4.78 is 11.5. The van der Waals surface area contributed by atoms with Crippen molar-refractivity contribution in [2.45, 2.75) is 0 Å². The Kier molecular flexibility index (Phi) is 4.42. The summed E-state index contributed by atoms with van der Waals surface area (Å²) in [6.45, 7) is 0. The molecule has 8 aromatic rings. The molecule has 0 N–H and O–H groups in total. The van der Waals surface area contributed by atoms with Crippen LogP contribution in [0.3, 0.4) is 0 Å². The molecule has 0 aliphatic heterocycles. The highest BCUT2D eigenvalue weighted by Crippen LogP contribution is 2.46. The number of thiophene rings is 1. The third-order valence-corrected chi connectivity index (χ3v) is 8.37. The Morgan fingerprint density at radius 2 is 1.14 bits per heavy atom. The lowest BCUT2D eigenvalue weighted by atomic mass is 9.98. The van der Waals surface area contributed by atoms with E-state index in [1.807, 2.05) is 11.3 Å². The number of benzene rings is 5. The number of hydrogen-bond acceptors (Lipinski definition) is 2. The fraction of sp³-hybridized carbons (Fsp3) is 0. The first kappa shape index (κ1) is 20.6. The Morgan fingerprint density at radius 3 is 1.84 bits per heavy atom. The molecule has 0 aliphatic carbocycles. The number of furan rings is 1. The van der Waals surface area contributed by atoms with Crippen LogP contribution in [0.5, 0.6) is 0 Å². The zero-order valence-electron chi connectivity index (χ0n) is 19.9. The van der Waals surface area contributed by atoms with Gasteiger partial charge in [-0.2, -0.15) is 0 Å². The molecular weight excluding hydrogens is 470 g/mol. The highest BCUT2D eigenvalue weighted by Gasteiger charge is 2.22. The van der Waals surface area contributed by atoms with Crippen LogP contribution in [0.4, 0.5) is 0 Å². The van der Waals surface area contributed by atoms with Crippen LogP contribution in [0.1, 0.15) is 0 Å². The van der Waals surface area contributed by atoms with Gasteiger partial charge in [-0.3, -0.25) is 4.57 Å². The first-order valence-electron chi connectivity index (χ1n) is 12.4. The molecule has 0 radical (unpaired) electrons. The van der Waals surface area contributed by atoms with Crippen LogP contribution in [-0.2, 0) is 0 Å². The van der Waals surface area contributed by atoms with Crippen molar-refractivity contribution in [1.29, 1.82) is 0 Å². The number of nitrogens with zero attached hydrogens (tertiary/aromatic N) is 1. The van der Waals surface area contributed by atoms with Gasteiger partial charge in [0.1, 0.15) is 0 Å². The SMILES string of the molecule is c1ccc(-c2cc(-c3ccccc3)cc(-n3c4ccccc4c4c5sc6ccccc6c5oc43)c2)cc1. The maximum absolute atomic E-state index is 6.74. The number of aromatic nitrogens is 1. The van der Waals surface area contributed by atoms with Gasteiger partial charge in [-0.05, 0) is 58.7 Å². The molecule has 3 heterocycles. The van der Waals surface area contributed by atoms with Crippen molar-refractivity contribution in [3.63, 3.8) is 0 Å². The second kappa shape index (κ2) is 7.95. The summed E-state index contributed by atoms with van der Waals surface area (Å²) in [5.74, 6) is 0. The van der Waals surface area contributed by atoms with Crippen LogP contribution >= 0.6 is 11.3 Å². The van der Waals surface area contributed by atoms with E-state index in [0.717, 1.165) is 22.5 Å². The van der Waals surface area contributed by atoms with Gasteiger partial charge < -0.3 is 4.42 Å². The van der Waals surface area contributed by atoms with Crippen LogP contribution in [-0.4, -0.2) is 4.57 Å². The lowest BCUT2D eigenvalue weighted by Gasteiger charge is -2.13. The maximum Gasteiger partial charge on any atom is 0.214 e. The van der Waals surface area contributed by atoms with Crippen LogP contribution in [0.2, 0.25) is 0 Å². The zero-order valence-corrected chi connectivity index (χ0v) is 20.7. The molecule has 0 unspecified atom stereocenters. The van der Waals surface area contributed by atoms with Gasteiger partial charge in [-0.1, -0.05) is 91.0 Å². The van der Waals surface area contributed by atoms with Gasteiger partial charge in [-0.25, -0.2) is 0 Å². The molecule has 5 aromatic carbocycles. The molecule has 0 saturated carbocycles. The van der Waals surface area contributed by atoms with E-state index in [1.54, 1.807) is 0 Å². The van der Waals surface area contributed by atoms with E-state index >= 15 is 0 Å². The first-order chi connectivity index (χ1) is 18.3. The smallest absolute Gasteiger partial charge is 0.214 e. The molecule has 0 fully saturated rings. The second-order valence-electron chi connectivity index (χ2n) is 9.39. The average molecular weight is 492 g/mol. The lowest BCUT2D eigenvalue weighted by Crippen LogP contribution is -1.95. The average Bonchev–Trinajstić information content (AvgIpc) is 3.61. The van der Waals surface area contributed by atoms with Crippen LogP contribution in [0.25, 0.3) is 70.3 Å². The van der Waals surface area contributed by atoms with E-state index in [4.69, 9.17) is 4.42 Å². The maximum atomic E-state index is 6.74. The van der Waals surface area contributed by atoms with E-state index < -0.39 is 0 Å². The van der Waals surface area contributed by atoms with Crippen molar-refractivity contribution in [2.24, 2.45) is 0 Å². The lowest BCUT2D eigenvalue weighted by molar-refractivity contribution is 0.649. The van der Waals surface area contributed by atoms with Crippen molar-refractivity contribution in [3.8, 4) is 27.9 Å². The standard InChI is InChI=1S/C34H21NOS/c1-3-11-22(12-4-1)24-19-25(23-13-5-2-6-14-23)21-26(20-24)35-29-17-9-7-15-27(29)31-33-32(36-34(31)35)28-16-8-10-18-30(28)37-33/h1-21H. The zero-order chi connectivity index (χ0) is 24.3. The number of fused-ring (bicyclic) bond motifs is 7. The van der Waals surface area contributed by atoms with Gasteiger partial charge in [0.25, 0.3) is 0 Å². The van der Waals surface area contributed by atoms with Gasteiger partial charge in [0.2, 0.25) is 5.71 Å². The Hall–Kier alpha value is -4.60. The Morgan fingerprint density at radius 1 is 0.541 bits per heavy atom. The van der Waals surface area contributed by atoms with E-state index in [0.29, 0.717) is 0 Å². The molecular formula is C34H21NOS. The quantitative estimate of drug-likeness (QED) is 0.240. The van der Waals surface area contributed by atoms with Gasteiger partial charge >= 0.3 is 0 Å². The van der Waals surface area contributed by atoms with Gasteiger partial charge in [-0.15, -0.1) is 11.3 Å². The largest absolute Gasteiger partial charge is 0.438 e. The Labute approximate surface area is 217 Å². The number of hydrogen-bond donors (Lipinski definition) is 0. The second-order valence-corrected chi connectivity index (χ2v) is 10.4. The van der Waals surface area contributed by atoms with Gasteiger partial charge in [0, 0.05) is 15.5 Å². The highest BCUT2D eigenvalue weighted by atomic mass is 32.1. The summed E-state index contributed by atoms with van der Waals surface area (Å²) in [7, 11) is 0. The molecule has 0 bridgehead atoms. The predicted molar refractivity (Wildman–Crippen MR) is 157 cm³/mol. The van der Waals surface area contributed by atoms with Crippen LogP contribution in [0.15, 0.2) is 132 Å². The molecule has 8 rings (SSSR count). The van der Waals surface area contributed by atoms with Gasteiger partial charge in [0.05, 0.1) is 21.3 Å². The van der Waals surface area contributed by atoms with Crippen LogP contribution in [0, 0.1) is 0 Å². The highest BCUT2D eigenvalue weighted by molar-refractivity contribution is 7.26. The van der Waals surface area contributed by atoms with E-state index in [1.165, 1.54) is 47.8 Å². The molecule has 37 heavy (non-hydrogen) atoms. The summed E-state index contributed by atoms with van der Waals surface area (Å²) in [5, 5.41) is 3.59. The molecule has 0 aliphatic rings. The molecule has 174 valence electrons. The molecule has 3 heteroatoms. The summed E-state index contributed by atoms with van der Waals surface area (Å²) in [4.78, 5) is 0. The van der Waals surface area contributed by atoms with Crippen molar-refractivity contribution in [2.75, 3.05) is 0 Å². The molecule has 0 saturated heterocycles. The fourth-order valence-corrected chi connectivity index (χ4v) is 6.69. The van der Waals surface area contributed by atoms with Gasteiger partial charge in [0.15, 0.2) is 5.58 Å². The summed E-state index contributed by atoms with van der Waals surface area (Å²) in [6, 6.07) is 45.2. The normalized spacial score (nSPS) is 11.8. The minimum atomic E-state index is 0.900. The van der Waals surface area contributed by atoms with E-state index in [2.05, 4.69) is 132 Å².